The summed E-state index contributed by atoms with van der Waals surface area (Å²) in [6.45, 7) is 6.49. The molecule has 2 fully saturated rings. The third-order valence-electron chi connectivity index (χ3n) is 7.76. The van der Waals surface area contributed by atoms with Gasteiger partial charge in [0.2, 0.25) is 0 Å². The van der Waals surface area contributed by atoms with Gasteiger partial charge in [0, 0.05) is 37.2 Å². The van der Waals surface area contributed by atoms with Crippen molar-refractivity contribution in [1.82, 2.24) is 10.3 Å². The van der Waals surface area contributed by atoms with Crippen LogP contribution < -0.4 is 10.2 Å². The standard InChI is InChI=1S/C28H33F6N3/c1-26(2)8-7-20-11-21(25(36-24(20)26)37(15-17-3-4-17)16-18-5-6-18)14-35-13-19-9-22(27(29,30)31)12-23(10-19)28(32,33)34/h9-12,17-18,35H,3-8,13-16H2,1-2H3. The van der Waals surface area contributed by atoms with Crippen LogP contribution in [0.2, 0.25) is 0 Å². The summed E-state index contributed by atoms with van der Waals surface area (Å²) in [5.41, 5.74) is 0.597. The quantitative estimate of drug-likeness (QED) is 0.349. The molecule has 1 N–H and O–H groups in total. The molecule has 0 atom stereocenters. The molecule has 3 aliphatic carbocycles. The van der Waals surface area contributed by atoms with Crippen LogP contribution in [0.5, 0.6) is 0 Å². The van der Waals surface area contributed by atoms with E-state index in [1.54, 1.807) is 0 Å². The van der Waals surface area contributed by atoms with Crippen molar-refractivity contribution in [1.29, 1.82) is 0 Å². The fourth-order valence-electron chi connectivity index (χ4n) is 5.27. The summed E-state index contributed by atoms with van der Waals surface area (Å²) in [4.78, 5) is 7.56. The molecule has 9 heteroatoms. The van der Waals surface area contributed by atoms with E-state index >= 15 is 0 Å². The first-order valence-electron chi connectivity index (χ1n) is 13.1. The van der Waals surface area contributed by atoms with Crippen molar-refractivity contribution >= 4 is 5.82 Å². The SMILES string of the molecule is CC1(C)CCc2cc(CNCc3cc(C(F)(F)F)cc(C(F)(F)F)c3)c(N(CC3CC3)CC3CC3)nc21. The lowest BCUT2D eigenvalue weighted by Crippen LogP contribution is -2.31. The van der Waals surface area contributed by atoms with E-state index < -0.39 is 23.5 Å². The molecule has 3 nitrogen and oxygen atoms in total. The summed E-state index contributed by atoms with van der Waals surface area (Å²) in [5.74, 6) is 2.24. The molecule has 2 saturated carbocycles. The van der Waals surface area contributed by atoms with Gasteiger partial charge in [-0.05, 0) is 85.8 Å². The number of aryl methyl sites for hydroxylation is 1. The van der Waals surface area contributed by atoms with Crippen molar-refractivity contribution in [3.8, 4) is 0 Å². The summed E-state index contributed by atoms with van der Waals surface area (Å²) in [6.07, 6.45) is -2.95. The number of halogens is 6. The Morgan fingerprint density at radius 3 is 1.95 bits per heavy atom. The minimum absolute atomic E-state index is 0.0209. The molecule has 202 valence electrons. The number of anilines is 1. The fourth-order valence-corrected chi connectivity index (χ4v) is 5.27. The van der Waals surface area contributed by atoms with E-state index in [1.165, 1.54) is 31.2 Å². The fraction of sp³-hybridized carbons (Fsp3) is 0.607. The van der Waals surface area contributed by atoms with Crippen LogP contribution in [0.25, 0.3) is 0 Å². The average Bonchev–Trinajstić information content (AvgIpc) is 3.73. The summed E-state index contributed by atoms with van der Waals surface area (Å²) in [7, 11) is 0. The molecule has 0 radical (unpaired) electrons. The third-order valence-corrected chi connectivity index (χ3v) is 7.76. The molecule has 3 aliphatic rings. The Labute approximate surface area is 213 Å². The lowest BCUT2D eigenvalue weighted by Gasteiger charge is -2.29. The number of benzene rings is 1. The Balaban J connectivity index is 1.41. The summed E-state index contributed by atoms with van der Waals surface area (Å²) in [6, 6.07) is 3.90. The Kier molecular flexibility index (Phi) is 6.74. The van der Waals surface area contributed by atoms with Crippen molar-refractivity contribution in [2.75, 3.05) is 18.0 Å². The predicted octanol–water partition coefficient (Wildman–Crippen LogP) is 7.26. The van der Waals surface area contributed by atoms with Gasteiger partial charge in [-0.1, -0.05) is 13.8 Å². The van der Waals surface area contributed by atoms with Crippen LogP contribution in [-0.4, -0.2) is 18.1 Å². The third kappa shape index (κ3) is 6.24. The number of alkyl halides is 6. The van der Waals surface area contributed by atoms with E-state index in [1.807, 2.05) is 0 Å². The second-order valence-corrected chi connectivity index (χ2v) is 11.7. The van der Waals surface area contributed by atoms with Crippen LogP contribution in [0.15, 0.2) is 24.3 Å². The minimum atomic E-state index is -4.86. The summed E-state index contributed by atoms with van der Waals surface area (Å²) < 4.78 is 79.6. The topological polar surface area (TPSA) is 28.2 Å². The van der Waals surface area contributed by atoms with Crippen molar-refractivity contribution in [2.45, 2.75) is 83.2 Å². The van der Waals surface area contributed by atoms with Crippen LogP contribution in [0.3, 0.4) is 0 Å². The minimum Gasteiger partial charge on any atom is -0.356 e. The zero-order valence-electron chi connectivity index (χ0n) is 21.2. The maximum absolute atomic E-state index is 13.3. The van der Waals surface area contributed by atoms with E-state index in [9.17, 15) is 26.3 Å². The van der Waals surface area contributed by atoms with Crippen LogP contribution >= 0.6 is 0 Å². The number of pyridine rings is 1. The molecule has 2 aromatic rings. The second kappa shape index (κ2) is 9.47. The van der Waals surface area contributed by atoms with Crippen molar-refractivity contribution in [3.63, 3.8) is 0 Å². The normalized spacial score (nSPS) is 19.2. The van der Waals surface area contributed by atoms with Gasteiger partial charge in [-0.25, -0.2) is 4.98 Å². The van der Waals surface area contributed by atoms with Gasteiger partial charge in [0.15, 0.2) is 0 Å². The molecule has 0 bridgehead atoms. The van der Waals surface area contributed by atoms with Gasteiger partial charge >= 0.3 is 12.4 Å². The van der Waals surface area contributed by atoms with Gasteiger partial charge in [0.05, 0.1) is 16.8 Å². The molecule has 37 heavy (non-hydrogen) atoms. The van der Waals surface area contributed by atoms with Crippen molar-refractivity contribution in [2.24, 2.45) is 11.8 Å². The number of fused-ring (bicyclic) bond motifs is 1. The zero-order chi connectivity index (χ0) is 26.6. The van der Waals surface area contributed by atoms with Gasteiger partial charge in [-0.15, -0.1) is 0 Å². The van der Waals surface area contributed by atoms with E-state index in [-0.39, 0.29) is 23.6 Å². The number of hydrogen-bond acceptors (Lipinski definition) is 3. The van der Waals surface area contributed by atoms with E-state index in [0.717, 1.165) is 55.1 Å². The number of nitrogens with one attached hydrogen (secondary N) is 1. The van der Waals surface area contributed by atoms with Gasteiger partial charge in [0.25, 0.3) is 0 Å². The number of aromatic nitrogens is 1. The highest BCUT2D eigenvalue weighted by atomic mass is 19.4. The van der Waals surface area contributed by atoms with Gasteiger partial charge < -0.3 is 10.2 Å². The number of nitrogens with zero attached hydrogens (tertiary/aromatic N) is 2. The molecule has 1 aromatic heterocycles. The molecule has 0 unspecified atom stereocenters. The first-order chi connectivity index (χ1) is 17.3. The largest absolute Gasteiger partial charge is 0.416 e. The van der Waals surface area contributed by atoms with Crippen molar-refractivity contribution < 1.29 is 26.3 Å². The molecule has 1 heterocycles. The lowest BCUT2D eigenvalue weighted by atomic mass is 9.90. The van der Waals surface area contributed by atoms with Crippen molar-refractivity contribution in [3.05, 3.63) is 57.8 Å². The van der Waals surface area contributed by atoms with Gasteiger partial charge in [-0.2, -0.15) is 26.3 Å². The first kappa shape index (κ1) is 26.3. The Hall–Kier alpha value is -2.29. The van der Waals surface area contributed by atoms with Crippen LogP contribution in [0, 0.1) is 11.8 Å². The average molecular weight is 526 g/mol. The second-order valence-electron chi connectivity index (χ2n) is 11.7. The van der Waals surface area contributed by atoms with E-state index in [2.05, 4.69) is 30.1 Å². The maximum atomic E-state index is 13.3. The molecule has 0 aliphatic heterocycles. The van der Waals surface area contributed by atoms with E-state index in [0.29, 0.717) is 18.4 Å². The number of hydrogen-bond donors (Lipinski definition) is 1. The molecular weight excluding hydrogens is 492 g/mol. The molecular formula is C28H33F6N3. The Morgan fingerprint density at radius 1 is 0.865 bits per heavy atom. The molecule has 0 saturated heterocycles. The summed E-state index contributed by atoms with van der Waals surface area (Å²) in [5, 5.41) is 3.12. The summed E-state index contributed by atoms with van der Waals surface area (Å²) >= 11 is 0. The predicted molar refractivity (Wildman–Crippen MR) is 130 cm³/mol. The van der Waals surface area contributed by atoms with Gasteiger partial charge in [0.1, 0.15) is 5.82 Å². The van der Waals surface area contributed by atoms with Gasteiger partial charge in [-0.3, -0.25) is 0 Å². The molecule has 0 spiro atoms. The highest BCUT2D eigenvalue weighted by Gasteiger charge is 2.38. The molecule has 1 aromatic carbocycles. The van der Waals surface area contributed by atoms with Crippen LogP contribution in [-0.2, 0) is 37.3 Å². The Morgan fingerprint density at radius 2 is 1.43 bits per heavy atom. The Bertz CT molecular complexity index is 1100. The lowest BCUT2D eigenvalue weighted by molar-refractivity contribution is -0.143. The maximum Gasteiger partial charge on any atom is 0.416 e. The van der Waals surface area contributed by atoms with Crippen LogP contribution in [0.4, 0.5) is 32.2 Å². The molecule has 5 rings (SSSR count). The highest BCUT2D eigenvalue weighted by Crippen LogP contribution is 2.42. The highest BCUT2D eigenvalue weighted by molar-refractivity contribution is 5.53. The first-order valence-corrected chi connectivity index (χ1v) is 13.1. The number of rotatable bonds is 9. The monoisotopic (exact) mass is 525 g/mol. The molecule has 0 amide bonds. The van der Waals surface area contributed by atoms with E-state index in [4.69, 9.17) is 4.98 Å². The zero-order valence-corrected chi connectivity index (χ0v) is 21.2. The smallest absolute Gasteiger partial charge is 0.356 e. The van der Waals surface area contributed by atoms with Crippen LogP contribution in [0.1, 0.15) is 79.5 Å².